The standard InChI is InChI=1S/C13H15BrO3/c1-3-4-5-6-17-13-11(14)7-10(9-15)8-12(13)16-2/h1,7-8,15H,4-6,9H2,2H3. The summed E-state index contributed by atoms with van der Waals surface area (Å²) in [5.41, 5.74) is 0.768. The number of halogens is 1. The molecule has 1 N–H and O–H groups in total. The van der Waals surface area contributed by atoms with E-state index in [0.29, 0.717) is 24.5 Å². The van der Waals surface area contributed by atoms with Crippen molar-refractivity contribution in [3.8, 4) is 23.8 Å². The van der Waals surface area contributed by atoms with Crippen LogP contribution in [0.4, 0.5) is 0 Å². The topological polar surface area (TPSA) is 38.7 Å². The van der Waals surface area contributed by atoms with E-state index in [-0.39, 0.29) is 6.61 Å². The number of terminal acetylenes is 1. The van der Waals surface area contributed by atoms with E-state index in [9.17, 15) is 0 Å². The summed E-state index contributed by atoms with van der Waals surface area (Å²) >= 11 is 3.39. The second-order valence-corrected chi connectivity index (χ2v) is 4.28. The molecule has 0 aliphatic heterocycles. The van der Waals surface area contributed by atoms with Crippen LogP contribution in [0.15, 0.2) is 16.6 Å². The molecule has 0 saturated heterocycles. The van der Waals surface area contributed by atoms with Gasteiger partial charge < -0.3 is 14.6 Å². The Hall–Kier alpha value is -1.18. The lowest BCUT2D eigenvalue weighted by Crippen LogP contribution is -2.00. The van der Waals surface area contributed by atoms with E-state index in [4.69, 9.17) is 21.0 Å². The van der Waals surface area contributed by atoms with Gasteiger partial charge in [-0.05, 0) is 40.0 Å². The number of aliphatic hydroxyl groups excluding tert-OH is 1. The maximum absolute atomic E-state index is 9.08. The molecule has 0 heterocycles. The molecule has 0 spiro atoms. The van der Waals surface area contributed by atoms with E-state index in [1.54, 1.807) is 19.2 Å². The maximum Gasteiger partial charge on any atom is 0.175 e. The van der Waals surface area contributed by atoms with Crippen LogP contribution in [0, 0.1) is 12.3 Å². The Labute approximate surface area is 110 Å². The first-order valence-corrected chi connectivity index (χ1v) is 6.05. The predicted octanol–water partition coefficient (Wildman–Crippen LogP) is 2.74. The average Bonchev–Trinajstić information content (AvgIpc) is 2.35. The summed E-state index contributed by atoms with van der Waals surface area (Å²) in [5.74, 6) is 3.80. The molecule has 0 aliphatic rings. The number of benzene rings is 1. The maximum atomic E-state index is 9.08. The smallest absolute Gasteiger partial charge is 0.175 e. The predicted molar refractivity (Wildman–Crippen MR) is 70.2 cm³/mol. The second-order valence-electron chi connectivity index (χ2n) is 3.42. The summed E-state index contributed by atoms with van der Waals surface area (Å²) in [5, 5.41) is 9.08. The molecule has 17 heavy (non-hydrogen) atoms. The van der Waals surface area contributed by atoms with Gasteiger partial charge in [0.2, 0.25) is 0 Å². The molecule has 4 heteroatoms. The van der Waals surface area contributed by atoms with Crippen LogP contribution in [0.3, 0.4) is 0 Å². The van der Waals surface area contributed by atoms with Crippen LogP contribution in [0.1, 0.15) is 18.4 Å². The minimum absolute atomic E-state index is 0.0354. The van der Waals surface area contributed by atoms with Gasteiger partial charge in [0.1, 0.15) is 0 Å². The first-order chi connectivity index (χ1) is 8.22. The first-order valence-electron chi connectivity index (χ1n) is 5.26. The summed E-state index contributed by atoms with van der Waals surface area (Å²) in [6.45, 7) is 0.504. The van der Waals surface area contributed by atoms with Crippen LogP contribution in [-0.2, 0) is 6.61 Å². The summed E-state index contributed by atoms with van der Waals surface area (Å²) < 4.78 is 11.6. The van der Waals surface area contributed by atoms with Crippen molar-refractivity contribution in [2.45, 2.75) is 19.4 Å². The zero-order chi connectivity index (χ0) is 12.7. The van der Waals surface area contributed by atoms with Crippen molar-refractivity contribution in [2.24, 2.45) is 0 Å². The van der Waals surface area contributed by atoms with Crippen molar-refractivity contribution < 1.29 is 14.6 Å². The van der Waals surface area contributed by atoms with Crippen LogP contribution in [0.5, 0.6) is 11.5 Å². The van der Waals surface area contributed by atoms with Crippen LogP contribution in [-0.4, -0.2) is 18.8 Å². The lowest BCUT2D eigenvalue weighted by atomic mass is 10.2. The van der Waals surface area contributed by atoms with E-state index in [1.807, 2.05) is 0 Å². The van der Waals surface area contributed by atoms with Crippen molar-refractivity contribution in [1.29, 1.82) is 0 Å². The normalized spacial score (nSPS) is 9.76. The van der Waals surface area contributed by atoms with Crippen molar-refractivity contribution in [3.63, 3.8) is 0 Å². The molecular formula is C13H15BrO3. The van der Waals surface area contributed by atoms with Gasteiger partial charge in [-0.15, -0.1) is 12.3 Å². The third kappa shape index (κ3) is 3.95. The molecule has 0 saturated carbocycles. The molecule has 0 aliphatic carbocycles. The van der Waals surface area contributed by atoms with E-state index in [0.717, 1.165) is 16.5 Å². The molecule has 92 valence electrons. The van der Waals surface area contributed by atoms with Gasteiger partial charge in [0.15, 0.2) is 11.5 Å². The van der Waals surface area contributed by atoms with Gasteiger partial charge in [-0.1, -0.05) is 0 Å². The molecule has 0 bridgehead atoms. The van der Waals surface area contributed by atoms with Crippen molar-refractivity contribution in [1.82, 2.24) is 0 Å². The van der Waals surface area contributed by atoms with Crippen LogP contribution < -0.4 is 9.47 Å². The lowest BCUT2D eigenvalue weighted by molar-refractivity contribution is 0.275. The second kappa shape index (κ2) is 7.21. The van der Waals surface area contributed by atoms with Crippen LogP contribution >= 0.6 is 15.9 Å². The van der Waals surface area contributed by atoms with Gasteiger partial charge in [0, 0.05) is 6.42 Å². The minimum Gasteiger partial charge on any atom is -0.493 e. The zero-order valence-corrected chi connectivity index (χ0v) is 11.3. The SMILES string of the molecule is C#CCCCOc1c(Br)cc(CO)cc1OC. The van der Waals surface area contributed by atoms with Gasteiger partial charge in [-0.3, -0.25) is 0 Å². The number of methoxy groups -OCH3 is 1. The number of hydrogen-bond acceptors (Lipinski definition) is 3. The molecular weight excluding hydrogens is 284 g/mol. The zero-order valence-electron chi connectivity index (χ0n) is 9.70. The Morgan fingerprint density at radius 1 is 1.47 bits per heavy atom. The first kappa shape index (κ1) is 13.9. The molecule has 1 aromatic rings. The highest BCUT2D eigenvalue weighted by molar-refractivity contribution is 9.10. The molecule has 0 atom stereocenters. The van der Waals surface area contributed by atoms with E-state index >= 15 is 0 Å². The van der Waals surface area contributed by atoms with E-state index < -0.39 is 0 Å². The summed E-state index contributed by atoms with van der Waals surface area (Å²) in [6.07, 6.45) is 6.65. The van der Waals surface area contributed by atoms with E-state index in [1.165, 1.54) is 0 Å². The quantitative estimate of drug-likeness (QED) is 0.648. The molecule has 0 amide bonds. The molecule has 1 rings (SSSR count). The highest BCUT2D eigenvalue weighted by Gasteiger charge is 2.11. The Kier molecular flexibility index (Phi) is 5.88. The largest absolute Gasteiger partial charge is 0.493 e. The average molecular weight is 299 g/mol. The van der Waals surface area contributed by atoms with Gasteiger partial charge in [0.05, 0.1) is 24.8 Å². The van der Waals surface area contributed by atoms with Crippen LogP contribution in [0.25, 0.3) is 0 Å². The highest BCUT2D eigenvalue weighted by atomic mass is 79.9. The van der Waals surface area contributed by atoms with Gasteiger partial charge in [0.25, 0.3) is 0 Å². The number of aliphatic hydroxyl groups is 1. The number of hydrogen-bond donors (Lipinski definition) is 1. The Balaban J connectivity index is 2.79. The number of ether oxygens (including phenoxy) is 2. The summed E-state index contributed by atoms with van der Waals surface area (Å²) in [6, 6.07) is 3.56. The fraction of sp³-hybridized carbons (Fsp3) is 0.385. The Morgan fingerprint density at radius 2 is 2.24 bits per heavy atom. The molecule has 0 fully saturated rings. The van der Waals surface area contributed by atoms with Crippen molar-refractivity contribution in [3.05, 3.63) is 22.2 Å². The highest BCUT2D eigenvalue weighted by Crippen LogP contribution is 2.36. The van der Waals surface area contributed by atoms with Crippen molar-refractivity contribution >= 4 is 15.9 Å². The third-order valence-electron chi connectivity index (χ3n) is 2.18. The Bertz CT molecular complexity index is 410. The number of rotatable bonds is 6. The third-order valence-corrected chi connectivity index (χ3v) is 2.77. The molecule has 3 nitrogen and oxygen atoms in total. The fourth-order valence-corrected chi connectivity index (χ4v) is 1.96. The van der Waals surface area contributed by atoms with E-state index in [2.05, 4.69) is 21.9 Å². The van der Waals surface area contributed by atoms with Crippen LogP contribution in [0.2, 0.25) is 0 Å². The Morgan fingerprint density at radius 3 is 2.82 bits per heavy atom. The van der Waals surface area contributed by atoms with Gasteiger partial charge in [-0.25, -0.2) is 0 Å². The van der Waals surface area contributed by atoms with Gasteiger partial charge >= 0.3 is 0 Å². The lowest BCUT2D eigenvalue weighted by Gasteiger charge is -2.13. The minimum atomic E-state index is -0.0354. The van der Waals surface area contributed by atoms with Gasteiger partial charge in [-0.2, -0.15) is 0 Å². The monoisotopic (exact) mass is 298 g/mol. The van der Waals surface area contributed by atoms with Crippen molar-refractivity contribution in [2.75, 3.05) is 13.7 Å². The molecule has 0 unspecified atom stereocenters. The molecule has 0 radical (unpaired) electrons. The molecule has 1 aromatic carbocycles. The number of unbranched alkanes of at least 4 members (excludes halogenated alkanes) is 1. The summed E-state index contributed by atoms with van der Waals surface area (Å²) in [7, 11) is 1.57. The molecule has 0 aromatic heterocycles. The fourth-order valence-electron chi connectivity index (χ4n) is 1.35. The summed E-state index contributed by atoms with van der Waals surface area (Å²) in [4.78, 5) is 0.